The monoisotopic (exact) mass is 461 g/mol. The van der Waals surface area contributed by atoms with E-state index in [0.29, 0.717) is 43.1 Å². The van der Waals surface area contributed by atoms with Crippen molar-refractivity contribution in [1.29, 1.82) is 0 Å². The van der Waals surface area contributed by atoms with E-state index in [4.69, 9.17) is 9.47 Å². The number of rotatable bonds is 9. The smallest absolute Gasteiger partial charge is 0.267 e. The first kappa shape index (κ1) is 23.5. The Morgan fingerprint density at radius 1 is 1.06 bits per heavy atom. The topological polar surface area (TPSA) is 93.3 Å². The standard InChI is InChI=1S/C27H31N3O4/c1-3-34-24-12-11-18(17-25(24)33-2)13-14-28-26(31)20-8-6-7-19(15-20)16-23-21-9-4-5-10-22(21)27(32)30-29-23/h6-8,11-12,15,17H,3-5,9-10,13-14,16H2,1-2H3,(H,28,31)(H,30,32). The lowest BCUT2D eigenvalue weighted by Gasteiger charge is -2.17. The molecule has 1 amide bonds. The minimum absolute atomic E-state index is 0.0725. The Morgan fingerprint density at radius 2 is 1.88 bits per heavy atom. The zero-order valence-corrected chi connectivity index (χ0v) is 19.8. The van der Waals surface area contributed by atoms with Crippen LogP contribution in [-0.2, 0) is 25.7 Å². The summed E-state index contributed by atoms with van der Waals surface area (Å²) in [5.41, 5.74) is 5.44. The number of hydrogen-bond acceptors (Lipinski definition) is 5. The third-order valence-corrected chi connectivity index (χ3v) is 6.17. The molecule has 4 rings (SSSR count). The number of aromatic nitrogens is 2. The number of benzene rings is 2. The summed E-state index contributed by atoms with van der Waals surface area (Å²) in [6, 6.07) is 13.4. The molecule has 0 bridgehead atoms. The van der Waals surface area contributed by atoms with Crippen LogP contribution in [0.1, 0.15) is 58.1 Å². The normalized spacial score (nSPS) is 12.6. The summed E-state index contributed by atoms with van der Waals surface area (Å²) in [6.45, 7) is 3.02. The van der Waals surface area contributed by atoms with Crippen molar-refractivity contribution in [3.05, 3.63) is 86.3 Å². The van der Waals surface area contributed by atoms with Gasteiger partial charge >= 0.3 is 0 Å². The van der Waals surface area contributed by atoms with Gasteiger partial charge in [-0.05, 0) is 80.0 Å². The molecule has 0 spiro atoms. The van der Waals surface area contributed by atoms with Gasteiger partial charge in [0.15, 0.2) is 11.5 Å². The first-order chi connectivity index (χ1) is 16.6. The number of ether oxygens (including phenoxy) is 2. The van der Waals surface area contributed by atoms with Gasteiger partial charge < -0.3 is 14.8 Å². The molecule has 0 atom stereocenters. The van der Waals surface area contributed by atoms with Crippen LogP contribution in [0.5, 0.6) is 11.5 Å². The molecule has 7 nitrogen and oxygen atoms in total. The number of hydrogen-bond donors (Lipinski definition) is 2. The third-order valence-electron chi connectivity index (χ3n) is 6.17. The number of methoxy groups -OCH3 is 1. The number of aromatic amines is 1. The van der Waals surface area contributed by atoms with Crippen molar-refractivity contribution in [2.45, 2.75) is 45.4 Å². The van der Waals surface area contributed by atoms with Crippen molar-refractivity contribution in [1.82, 2.24) is 15.5 Å². The van der Waals surface area contributed by atoms with Gasteiger partial charge in [0.05, 0.1) is 19.4 Å². The van der Waals surface area contributed by atoms with Gasteiger partial charge in [0, 0.05) is 24.1 Å². The lowest BCUT2D eigenvalue weighted by atomic mass is 9.90. The fraction of sp³-hybridized carbons (Fsp3) is 0.370. The maximum atomic E-state index is 12.8. The molecule has 1 aliphatic rings. The number of carbonyl (C=O) groups is 1. The summed E-state index contributed by atoms with van der Waals surface area (Å²) in [5, 5.41) is 9.96. The predicted molar refractivity (Wildman–Crippen MR) is 131 cm³/mol. The lowest BCUT2D eigenvalue weighted by Crippen LogP contribution is -2.26. The highest BCUT2D eigenvalue weighted by atomic mass is 16.5. The molecule has 0 radical (unpaired) electrons. The van der Waals surface area contributed by atoms with Gasteiger partial charge in [-0.25, -0.2) is 5.10 Å². The Morgan fingerprint density at radius 3 is 2.68 bits per heavy atom. The van der Waals surface area contributed by atoms with E-state index in [1.807, 2.05) is 49.4 Å². The number of carbonyl (C=O) groups excluding carboxylic acids is 1. The Bertz CT molecular complexity index is 1220. The fourth-order valence-corrected chi connectivity index (χ4v) is 4.45. The van der Waals surface area contributed by atoms with Crippen molar-refractivity contribution in [3.8, 4) is 11.5 Å². The second kappa shape index (κ2) is 11.0. The van der Waals surface area contributed by atoms with Crippen molar-refractivity contribution < 1.29 is 14.3 Å². The van der Waals surface area contributed by atoms with Gasteiger partial charge in [-0.1, -0.05) is 18.2 Å². The highest BCUT2D eigenvalue weighted by molar-refractivity contribution is 5.94. The summed E-state index contributed by atoms with van der Waals surface area (Å²) < 4.78 is 11.0. The van der Waals surface area contributed by atoms with Crippen LogP contribution in [0, 0.1) is 0 Å². The molecule has 178 valence electrons. The molecule has 0 saturated heterocycles. The third kappa shape index (κ3) is 5.47. The average Bonchev–Trinajstić information content (AvgIpc) is 2.87. The molecule has 0 unspecified atom stereocenters. The second-order valence-electron chi connectivity index (χ2n) is 8.46. The number of nitrogens with zero attached hydrogens (tertiary/aromatic N) is 1. The largest absolute Gasteiger partial charge is 0.493 e. The summed E-state index contributed by atoms with van der Waals surface area (Å²) in [6.07, 6.45) is 5.08. The van der Waals surface area contributed by atoms with Crippen LogP contribution in [0.4, 0.5) is 0 Å². The average molecular weight is 462 g/mol. The van der Waals surface area contributed by atoms with Crippen molar-refractivity contribution >= 4 is 5.91 Å². The molecule has 0 saturated carbocycles. The zero-order chi connectivity index (χ0) is 23.9. The van der Waals surface area contributed by atoms with Gasteiger partial charge in [-0.15, -0.1) is 0 Å². The minimum atomic E-state index is -0.115. The molecule has 1 aromatic heterocycles. The maximum absolute atomic E-state index is 12.8. The molecule has 1 aliphatic carbocycles. The van der Waals surface area contributed by atoms with Crippen LogP contribution in [0.25, 0.3) is 0 Å². The Kier molecular flexibility index (Phi) is 7.62. The van der Waals surface area contributed by atoms with Crippen LogP contribution in [0.15, 0.2) is 47.3 Å². The molecule has 2 N–H and O–H groups in total. The highest BCUT2D eigenvalue weighted by Crippen LogP contribution is 2.28. The predicted octanol–water partition coefficient (Wildman–Crippen LogP) is 3.62. The quantitative estimate of drug-likeness (QED) is 0.508. The van der Waals surface area contributed by atoms with Crippen LogP contribution < -0.4 is 20.3 Å². The lowest BCUT2D eigenvalue weighted by molar-refractivity contribution is 0.0954. The van der Waals surface area contributed by atoms with Gasteiger partial charge in [0.25, 0.3) is 11.5 Å². The highest BCUT2D eigenvalue weighted by Gasteiger charge is 2.18. The van der Waals surface area contributed by atoms with Crippen LogP contribution in [-0.4, -0.2) is 36.4 Å². The SMILES string of the molecule is CCOc1ccc(CCNC(=O)c2cccc(Cc3n[nH]c(=O)c4c3CCCC4)c2)cc1OC. The van der Waals surface area contributed by atoms with Crippen molar-refractivity contribution in [3.63, 3.8) is 0 Å². The Labute approximate surface area is 199 Å². The van der Waals surface area contributed by atoms with Crippen molar-refractivity contribution in [2.75, 3.05) is 20.3 Å². The summed E-state index contributed by atoms with van der Waals surface area (Å²) in [7, 11) is 1.62. The molecule has 34 heavy (non-hydrogen) atoms. The zero-order valence-electron chi connectivity index (χ0n) is 19.8. The van der Waals surface area contributed by atoms with Gasteiger partial charge in [-0.2, -0.15) is 5.10 Å². The number of fused-ring (bicyclic) bond motifs is 1. The van der Waals surface area contributed by atoms with Gasteiger partial charge in [-0.3, -0.25) is 9.59 Å². The summed E-state index contributed by atoms with van der Waals surface area (Å²) in [4.78, 5) is 24.9. The number of nitrogens with one attached hydrogen (secondary N) is 2. The summed E-state index contributed by atoms with van der Waals surface area (Å²) >= 11 is 0. The van der Waals surface area contributed by atoms with E-state index in [2.05, 4.69) is 15.5 Å². The van der Waals surface area contributed by atoms with E-state index in [-0.39, 0.29) is 11.5 Å². The van der Waals surface area contributed by atoms with Crippen LogP contribution in [0.3, 0.4) is 0 Å². The Hall–Kier alpha value is -3.61. The van der Waals surface area contributed by atoms with Crippen molar-refractivity contribution in [2.24, 2.45) is 0 Å². The molecular weight excluding hydrogens is 430 g/mol. The first-order valence-electron chi connectivity index (χ1n) is 11.8. The van der Waals surface area contributed by atoms with E-state index in [9.17, 15) is 9.59 Å². The maximum Gasteiger partial charge on any atom is 0.267 e. The molecule has 3 aromatic rings. The number of amides is 1. The summed E-state index contributed by atoms with van der Waals surface area (Å²) in [5.74, 6) is 1.29. The van der Waals surface area contributed by atoms with E-state index >= 15 is 0 Å². The molecule has 0 aliphatic heterocycles. The fourth-order valence-electron chi connectivity index (χ4n) is 4.45. The molecular formula is C27H31N3O4. The molecule has 0 fully saturated rings. The molecule has 1 heterocycles. The first-order valence-corrected chi connectivity index (χ1v) is 11.8. The molecule has 7 heteroatoms. The van der Waals surface area contributed by atoms with Gasteiger partial charge in [0.2, 0.25) is 0 Å². The van der Waals surface area contributed by atoms with E-state index in [1.54, 1.807) is 7.11 Å². The van der Waals surface area contributed by atoms with E-state index in [1.165, 1.54) is 0 Å². The molecule has 2 aromatic carbocycles. The van der Waals surface area contributed by atoms with Crippen LogP contribution in [0.2, 0.25) is 0 Å². The number of H-pyrrole nitrogens is 1. The Balaban J connectivity index is 1.39. The van der Waals surface area contributed by atoms with E-state index < -0.39 is 0 Å². The van der Waals surface area contributed by atoms with Gasteiger partial charge in [0.1, 0.15) is 0 Å². The second-order valence-corrected chi connectivity index (χ2v) is 8.46. The minimum Gasteiger partial charge on any atom is -0.493 e. The van der Waals surface area contributed by atoms with Crippen LogP contribution >= 0.6 is 0 Å². The van der Waals surface area contributed by atoms with E-state index in [0.717, 1.165) is 53.6 Å².